The molecule has 0 N–H and O–H groups in total. The van der Waals surface area contributed by atoms with Crippen molar-refractivity contribution in [1.82, 2.24) is 9.78 Å². The van der Waals surface area contributed by atoms with Crippen LogP contribution in [-0.4, -0.2) is 42.5 Å². The van der Waals surface area contributed by atoms with Gasteiger partial charge in [-0.15, -0.1) is 0 Å². The Morgan fingerprint density at radius 3 is 2.53 bits per heavy atom. The van der Waals surface area contributed by atoms with Gasteiger partial charge >= 0.3 is 0 Å². The van der Waals surface area contributed by atoms with E-state index in [1.165, 1.54) is 0 Å². The van der Waals surface area contributed by atoms with Crippen molar-refractivity contribution in [1.29, 1.82) is 0 Å². The summed E-state index contributed by atoms with van der Waals surface area (Å²) < 4.78 is 23.9. The van der Waals surface area contributed by atoms with Crippen LogP contribution in [0.4, 0.5) is 0 Å². The summed E-state index contributed by atoms with van der Waals surface area (Å²) in [6.07, 6.45) is 5.85. The Morgan fingerprint density at radius 2 is 1.88 bits per heavy atom. The molecule has 166 valence electrons. The van der Waals surface area contributed by atoms with Crippen molar-refractivity contribution >= 4 is 17.6 Å². The quantitative estimate of drug-likeness (QED) is 0.403. The number of rotatable bonds is 7. The number of carbonyl (C=O) groups excluding carboxylic acids is 1. The molecule has 0 amide bonds. The highest BCUT2D eigenvalue weighted by molar-refractivity contribution is 6.28. The minimum absolute atomic E-state index is 0.168. The fraction of sp³-hybridized carbons (Fsp3) is 0.280. The minimum Gasteiger partial charge on any atom is -0.493 e. The van der Waals surface area contributed by atoms with Crippen molar-refractivity contribution in [2.45, 2.75) is 25.9 Å². The van der Waals surface area contributed by atoms with Gasteiger partial charge in [-0.2, -0.15) is 5.10 Å². The summed E-state index contributed by atoms with van der Waals surface area (Å²) in [6.45, 7) is 4.07. The Bertz CT molecular complexity index is 1180. The van der Waals surface area contributed by atoms with Gasteiger partial charge in [0.25, 0.3) is 0 Å². The third kappa shape index (κ3) is 3.93. The molecule has 3 aromatic rings. The van der Waals surface area contributed by atoms with Crippen LogP contribution < -0.4 is 18.9 Å². The Kier molecular flexibility index (Phi) is 5.65. The Labute approximate surface area is 187 Å². The number of hydrogen-bond donors (Lipinski definition) is 0. The van der Waals surface area contributed by atoms with E-state index in [0.717, 1.165) is 17.7 Å². The summed E-state index contributed by atoms with van der Waals surface area (Å²) in [6, 6.07) is 10.9. The van der Waals surface area contributed by atoms with E-state index in [2.05, 4.69) is 5.10 Å². The van der Waals surface area contributed by atoms with Crippen LogP contribution in [0.15, 0.2) is 48.8 Å². The van der Waals surface area contributed by atoms with Gasteiger partial charge < -0.3 is 18.9 Å². The molecule has 2 heterocycles. The maximum Gasteiger partial charge on any atom is 0.211 e. The Morgan fingerprint density at radius 1 is 1.09 bits per heavy atom. The smallest absolute Gasteiger partial charge is 0.211 e. The average Bonchev–Trinajstić information content (AvgIpc) is 3.41. The van der Waals surface area contributed by atoms with E-state index in [0.29, 0.717) is 34.1 Å². The number of Topliss-reactive ketones (excluding diaryl/α,β-unsaturated/α-hetero) is 1. The molecule has 1 aliphatic heterocycles. The fourth-order valence-corrected chi connectivity index (χ4v) is 3.93. The lowest BCUT2D eigenvalue weighted by atomic mass is 9.98. The first-order valence-electron chi connectivity index (χ1n) is 10.2. The number of hydrogen-bond acceptors (Lipinski definition) is 6. The molecule has 0 atom stereocenters. The number of fused-ring (bicyclic) bond motifs is 1. The van der Waals surface area contributed by atoms with Crippen molar-refractivity contribution in [3.8, 4) is 23.0 Å². The average molecular weight is 434 g/mol. The number of nitrogens with zero attached hydrogens (tertiary/aromatic N) is 2. The lowest BCUT2D eigenvalue weighted by molar-refractivity contribution is 0.105. The molecule has 1 aliphatic rings. The first-order valence-corrected chi connectivity index (χ1v) is 10.2. The molecule has 32 heavy (non-hydrogen) atoms. The van der Waals surface area contributed by atoms with Crippen molar-refractivity contribution in [3.63, 3.8) is 0 Å². The van der Waals surface area contributed by atoms with Gasteiger partial charge in [-0.3, -0.25) is 4.79 Å². The molecule has 0 bridgehead atoms. The SMILES string of the molecule is COc1ccc(C=C(C(=O)c2ccc3c(c2)CC(C)(C)O3)n2cccn2)c(OC)c1OC. The molecule has 0 saturated carbocycles. The monoisotopic (exact) mass is 434 g/mol. The van der Waals surface area contributed by atoms with Crippen molar-refractivity contribution in [3.05, 3.63) is 65.5 Å². The number of allylic oxidation sites excluding steroid dienone is 1. The maximum absolute atomic E-state index is 13.6. The van der Waals surface area contributed by atoms with Crippen LogP contribution in [0, 0.1) is 0 Å². The normalized spacial score (nSPS) is 14.5. The fourth-order valence-electron chi connectivity index (χ4n) is 3.93. The molecular weight excluding hydrogens is 408 g/mol. The van der Waals surface area contributed by atoms with Crippen molar-refractivity contribution < 1.29 is 23.7 Å². The predicted octanol–water partition coefficient (Wildman–Crippen LogP) is 4.50. The first-order chi connectivity index (χ1) is 15.4. The summed E-state index contributed by atoms with van der Waals surface area (Å²) in [7, 11) is 4.65. The summed E-state index contributed by atoms with van der Waals surface area (Å²) in [5.74, 6) is 2.10. The lowest BCUT2D eigenvalue weighted by Crippen LogP contribution is -2.24. The van der Waals surface area contributed by atoms with Crippen molar-refractivity contribution in [2.24, 2.45) is 0 Å². The molecule has 1 aromatic heterocycles. The van der Waals surface area contributed by atoms with E-state index in [4.69, 9.17) is 18.9 Å². The van der Waals surface area contributed by atoms with Gasteiger partial charge in [-0.25, -0.2) is 4.68 Å². The molecule has 0 radical (unpaired) electrons. The number of carbonyl (C=O) groups is 1. The number of ether oxygens (including phenoxy) is 4. The van der Waals surface area contributed by atoms with E-state index in [-0.39, 0.29) is 11.4 Å². The molecule has 2 aromatic carbocycles. The van der Waals surface area contributed by atoms with Gasteiger partial charge in [0.15, 0.2) is 11.5 Å². The zero-order valence-electron chi connectivity index (χ0n) is 18.8. The number of methoxy groups -OCH3 is 3. The molecular formula is C25H26N2O5. The highest BCUT2D eigenvalue weighted by atomic mass is 16.5. The number of ketones is 1. The van der Waals surface area contributed by atoms with Crippen LogP contribution in [-0.2, 0) is 6.42 Å². The van der Waals surface area contributed by atoms with Gasteiger partial charge in [0.1, 0.15) is 17.0 Å². The van der Waals surface area contributed by atoms with E-state index in [9.17, 15) is 4.79 Å². The van der Waals surface area contributed by atoms with E-state index in [1.807, 2.05) is 32.0 Å². The van der Waals surface area contributed by atoms with E-state index >= 15 is 0 Å². The molecule has 0 saturated heterocycles. The zero-order valence-corrected chi connectivity index (χ0v) is 18.8. The van der Waals surface area contributed by atoms with E-state index < -0.39 is 0 Å². The molecule has 4 rings (SSSR count). The lowest BCUT2D eigenvalue weighted by Gasteiger charge is -2.16. The second-order valence-corrected chi connectivity index (χ2v) is 8.09. The van der Waals surface area contributed by atoms with Gasteiger partial charge in [0, 0.05) is 29.9 Å². The van der Waals surface area contributed by atoms with Crippen LogP contribution in [0.3, 0.4) is 0 Å². The first kappa shape index (κ1) is 21.5. The summed E-state index contributed by atoms with van der Waals surface area (Å²) in [5, 5.41) is 4.29. The van der Waals surface area contributed by atoms with Crippen LogP contribution >= 0.6 is 0 Å². The molecule has 7 nitrogen and oxygen atoms in total. The molecule has 7 heteroatoms. The van der Waals surface area contributed by atoms with Gasteiger partial charge in [0.05, 0.1) is 21.3 Å². The van der Waals surface area contributed by atoms with Crippen LogP contribution in [0.2, 0.25) is 0 Å². The van der Waals surface area contributed by atoms with E-state index in [1.54, 1.807) is 62.7 Å². The third-order valence-electron chi connectivity index (χ3n) is 5.34. The van der Waals surface area contributed by atoms with Gasteiger partial charge in [0.2, 0.25) is 11.5 Å². The summed E-state index contributed by atoms with van der Waals surface area (Å²) in [4.78, 5) is 13.6. The molecule has 0 spiro atoms. The number of aromatic nitrogens is 2. The molecule has 0 fully saturated rings. The van der Waals surface area contributed by atoms with Crippen LogP contribution in [0.25, 0.3) is 11.8 Å². The third-order valence-corrected chi connectivity index (χ3v) is 5.34. The van der Waals surface area contributed by atoms with Crippen LogP contribution in [0.5, 0.6) is 23.0 Å². The van der Waals surface area contributed by atoms with Crippen molar-refractivity contribution in [2.75, 3.05) is 21.3 Å². The summed E-state index contributed by atoms with van der Waals surface area (Å²) >= 11 is 0. The van der Waals surface area contributed by atoms with Gasteiger partial charge in [-0.1, -0.05) is 0 Å². The van der Waals surface area contributed by atoms with Gasteiger partial charge in [-0.05, 0) is 61.9 Å². The largest absolute Gasteiger partial charge is 0.493 e. The molecule has 0 unspecified atom stereocenters. The minimum atomic E-state index is -0.280. The standard InChI is InChI=1S/C25H26N2O5/c1-25(2)15-18-13-16(7-9-20(18)32-25)22(28)19(27-12-6-11-26-27)14-17-8-10-21(29-3)24(31-5)23(17)30-4/h6-14H,15H2,1-5H3. The second kappa shape index (κ2) is 8.42. The Balaban J connectivity index is 1.81. The van der Waals surface area contributed by atoms with Crippen LogP contribution in [0.1, 0.15) is 35.3 Å². The highest BCUT2D eigenvalue weighted by Gasteiger charge is 2.31. The molecule has 0 aliphatic carbocycles. The Hall–Kier alpha value is -3.74. The topological polar surface area (TPSA) is 71.8 Å². The summed E-state index contributed by atoms with van der Waals surface area (Å²) in [5.41, 5.74) is 2.33. The highest BCUT2D eigenvalue weighted by Crippen LogP contribution is 2.41. The second-order valence-electron chi connectivity index (χ2n) is 8.09. The zero-order chi connectivity index (χ0) is 22.9. The maximum atomic E-state index is 13.6. The number of benzene rings is 2. The predicted molar refractivity (Wildman–Crippen MR) is 122 cm³/mol.